The molecule has 1 aromatic heterocycles. The van der Waals surface area contributed by atoms with E-state index in [9.17, 15) is 18.7 Å². The fourth-order valence-electron chi connectivity index (χ4n) is 3.22. The molecular formula is C25H26F2N2O3. The highest BCUT2D eigenvalue weighted by Crippen LogP contribution is 2.31. The lowest BCUT2D eigenvalue weighted by molar-refractivity contribution is 0.0419. The van der Waals surface area contributed by atoms with Gasteiger partial charge in [0.2, 0.25) is 0 Å². The summed E-state index contributed by atoms with van der Waals surface area (Å²) in [6, 6.07) is 11.7. The smallest absolute Gasteiger partial charge is 0.408 e. The summed E-state index contributed by atoms with van der Waals surface area (Å²) in [7, 11) is 0. The molecule has 0 saturated carbocycles. The van der Waals surface area contributed by atoms with Crippen molar-refractivity contribution in [2.75, 3.05) is 0 Å². The average molecular weight is 440 g/mol. The number of amides is 1. The fourth-order valence-corrected chi connectivity index (χ4v) is 3.22. The minimum absolute atomic E-state index is 0.393. The zero-order chi connectivity index (χ0) is 23.5. The Morgan fingerprint density at radius 3 is 2.25 bits per heavy atom. The molecule has 0 aliphatic rings. The van der Waals surface area contributed by atoms with Gasteiger partial charge in [0.25, 0.3) is 0 Å². The Hall–Kier alpha value is -3.32. The van der Waals surface area contributed by atoms with E-state index in [1.54, 1.807) is 64.1 Å². The summed E-state index contributed by atoms with van der Waals surface area (Å²) in [5, 5.41) is 13.7. The largest absolute Gasteiger partial charge is 0.444 e. The van der Waals surface area contributed by atoms with Gasteiger partial charge in [-0.05, 0) is 62.1 Å². The second-order valence-corrected chi connectivity index (χ2v) is 8.59. The first kappa shape index (κ1) is 23.3. The first-order chi connectivity index (χ1) is 15.0. The van der Waals surface area contributed by atoms with Crippen molar-refractivity contribution in [3.05, 3.63) is 89.2 Å². The van der Waals surface area contributed by atoms with E-state index in [0.717, 1.165) is 6.20 Å². The molecule has 2 N–H and O–H groups in total. The van der Waals surface area contributed by atoms with Gasteiger partial charge in [-0.1, -0.05) is 36.4 Å². The molecule has 2 aromatic carbocycles. The molecule has 3 rings (SSSR count). The van der Waals surface area contributed by atoms with Gasteiger partial charge in [0.1, 0.15) is 23.3 Å². The first-order valence-electron chi connectivity index (χ1n) is 10.2. The van der Waals surface area contributed by atoms with Crippen molar-refractivity contribution in [3.63, 3.8) is 0 Å². The third-order valence-corrected chi connectivity index (χ3v) is 4.83. The van der Waals surface area contributed by atoms with E-state index >= 15 is 0 Å². The first-order valence-corrected chi connectivity index (χ1v) is 10.2. The average Bonchev–Trinajstić information content (AvgIpc) is 2.72. The summed E-state index contributed by atoms with van der Waals surface area (Å²) in [6.45, 7) is 6.81. The molecule has 3 aromatic rings. The van der Waals surface area contributed by atoms with Gasteiger partial charge < -0.3 is 15.2 Å². The maximum absolute atomic E-state index is 14.2. The number of aliphatic hydroxyl groups excluding tert-OH is 1. The van der Waals surface area contributed by atoms with Gasteiger partial charge in [-0.25, -0.2) is 13.6 Å². The van der Waals surface area contributed by atoms with Gasteiger partial charge >= 0.3 is 6.09 Å². The summed E-state index contributed by atoms with van der Waals surface area (Å²) in [4.78, 5) is 16.3. The number of alkyl carbamates (subject to hydrolysis) is 1. The summed E-state index contributed by atoms with van der Waals surface area (Å²) >= 11 is 0. The Balaban J connectivity index is 1.90. The number of rotatable bonds is 5. The normalized spacial score (nSPS) is 13.3. The van der Waals surface area contributed by atoms with Crippen LogP contribution in [-0.2, 0) is 4.74 Å². The highest BCUT2D eigenvalue weighted by atomic mass is 19.1. The Bertz CT molecular complexity index is 1100. The summed E-state index contributed by atoms with van der Waals surface area (Å²) < 4.78 is 33.0. The molecule has 0 bridgehead atoms. The summed E-state index contributed by atoms with van der Waals surface area (Å²) in [5.74, 6) is -0.894. The number of nitrogens with zero attached hydrogens (tertiary/aromatic N) is 1. The molecule has 32 heavy (non-hydrogen) atoms. The Morgan fingerprint density at radius 2 is 1.66 bits per heavy atom. The van der Waals surface area contributed by atoms with Gasteiger partial charge in [0.05, 0.1) is 12.2 Å². The fraction of sp³-hybridized carbons (Fsp3) is 0.280. The van der Waals surface area contributed by atoms with Crippen LogP contribution < -0.4 is 5.32 Å². The predicted octanol–water partition coefficient (Wildman–Crippen LogP) is 5.63. The van der Waals surface area contributed by atoms with Crippen LogP contribution in [0.15, 0.2) is 60.9 Å². The van der Waals surface area contributed by atoms with Crippen molar-refractivity contribution >= 4 is 6.09 Å². The van der Waals surface area contributed by atoms with Crippen LogP contribution in [0.4, 0.5) is 13.6 Å². The number of aromatic nitrogens is 1. The van der Waals surface area contributed by atoms with E-state index in [4.69, 9.17) is 4.74 Å². The third-order valence-electron chi connectivity index (χ3n) is 4.83. The standard InChI is InChI=1S/C25H26F2N2O3/c1-15-5-6-18(12-21(15)27)22(29-24(31)32-25(2,3)4)23(30)17-9-7-16(8-10-17)19-11-20(26)14-28-13-19/h5-14,22-23,30H,1-4H3,(H,29,31). The zero-order valence-electron chi connectivity index (χ0n) is 18.4. The molecule has 0 spiro atoms. The van der Waals surface area contributed by atoms with Crippen LogP contribution in [0.3, 0.4) is 0 Å². The maximum atomic E-state index is 14.2. The van der Waals surface area contributed by atoms with E-state index < -0.39 is 35.5 Å². The van der Waals surface area contributed by atoms with Gasteiger partial charge in [-0.15, -0.1) is 0 Å². The van der Waals surface area contributed by atoms with Gasteiger partial charge in [0.15, 0.2) is 0 Å². The number of nitrogens with one attached hydrogen (secondary N) is 1. The van der Waals surface area contributed by atoms with Crippen molar-refractivity contribution in [2.45, 2.75) is 45.4 Å². The van der Waals surface area contributed by atoms with Crippen molar-refractivity contribution < 1.29 is 23.4 Å². The molecular weight excluding hydrogens is 414 g/mol. The molecule has 1 amide bonds. The Kier molecular flexibility index (Phi) is 6.89. The predicted molar refractivity (Wildman–Crippen MR) is 118 cm³/mol. The number of benzene rings is 2. The van der Waals surface area contributed by atoms with E-state index in [1.165, 1.54) is 18.3 Å². The molecule has 0 radical (unpaired) electrons. The molecule has 1 heterocycles. The van der Waals surface area contributed by atoms with Gasteiger partial charge in [-0.2, -0.15) is 0 Å². The van der Waals surface area contributed by atoms with E-state index in [-0.39, 0.29) is 0 Å². The number of hydrogen-bond donors (Lipinski definition) is 2. The van der Waals surface area contributed by atoms with Crippen LogP contribution in [0.1, 0.15) is 49.6 Å². The van der Waals surface area contributed by atoms with Crippen LogP contribution >= 0.6 is 0 Å². The van der Waals surface area contributed by atoms with E-state index in [1.807, 2.05) is 0 Å². The van der Waals surface area contributed by atoms with Crippen LogP contribution in [0, 0.1) is 18.6 Å². The lowest BCUT2D eigenvalue weighted by Gasteiger charge is -2.27. The van der Waals surface area contributed by atoms with Crippen molar-refractivity contribution in [1.29, 1.82) is 0 Å². The van der Waals surface area contributed by atoms with Crippen molar-refractivity contribution in [2.24, 2.45) is 0 Å². The number of aliphatic hydroxyl groups is 1. The molecule has 0 saturated heterocycles. The van der Waals surface area contributed by atoms with Crippen LogP contribution in [-0.4, -0.2) is 21.8 Å². The SMILES string of the molecule is Cc1ccc(C(NC(=O)OC(C)(C)C)C(O)c2ccc(-c3cncc(F)c3)cc2)cc1F. The van der Waals surface area contributed by atoms with Crippen LogP contribution in [0.25, 0.3) is 11.1 Å². The molecule has 168 valence electrons. The molecule has 2 atom stereocenters. The summed E-state index contributed by atoms with van der Waals surface area (Å²) in [5.41, 5.74) is 1.90. The Labute approximate surface area is 186 Å². The van der Waals surface area contributed by atoms with Crippen LogP contribution in [0.2, 0.25) is 0 Å². The molecule has 2 unspecified atom stereocenters. The highest BCUT2D eigenvalue weighted by Gasteiger charge is 2.28. The number of hydrogen-bond acceptors (Lipinski definition) is 4. The zero-order valence-corrected chi connectivity index (χ0v) is 18.4. The monoisotopic (exact) mass is 440 g/mol. The van der Waals surface area contributed by atoms with E-state index in [2.05, 4.69) is 10.3 Å². The van der Waals surface area contributed by atoms with Crippen molar-refractivity contribution in [3.8, 4) is 11.1 Å². The minimum Gasteiger partial charge on any atom is -0.444 e. The van der Waals surface area contributed by atoms with Crippen molar-refractivity contribution in [1.82, 2.24) is 10.3 Å². The van der Waals surface area contributed by atoms with Gasteiger partial charge in [-0.3, -0.25) is 4.98 Å². The molecule has 0 aliphatic carbocycles. The molecule has 0 aliphatic heterocycles. The topological polar surface area (TPSA) is 71.5 Å². The van der Waals surface area contributed by atoms with Crippen LogP contribution in [0.5, 0.6) is 0 Å². The summed E-state index contributed by atoms with van der Waals surface area (Å²) in [6.07, 6.45) is 0.737. The lowest BCUT2D eigenvalue weighted by Crippen LogP contribution is -2.37. The molecule has 0 fully saturated rings. The third kappa shape index (κ3) is 5.88. The lowest BCUT2D eigenvalue weighted by atomic mass is 9.94. The second-order valence-electron chi connectivity index (χ2n) is 8.59. The number of pyridine rings is 1. The maximum Gasteiger partial charge on any atom is 0.408 e. The molecule has 7 heteroatoms. The molecule has 5 nitrogen and oxygen atoms in total. The number of carbonyl (C=O) groups excluding carboxylic acids is 1. The Morgan fingerprint density at radius 1 is 1.00 bits per heavy atom. The minimum atomic E-state index is -1.19. The quantitative estimate of drug-likeness (QED) is 0.539. The second kappa shape index (κ2) is 9.44. The van der Waals surface area contributed by atoms with E-state index in [0.29, 0.717) is 27.8 Å². The number of halogens is 2. The number of ether oxygens (including phenoxy) is 1. The number of carbonyl (C=O) groups is 1. The van der Waals surface area contributed by atoms with Gasteiger partial charge in [0, 0.05) is 11.8 Å². The highest BCUT2D eigenvalue weighted by molar-refractivity contribution is 5.69. The number of aryl methyl sites for hydroxylation is 1.